The fourth-order valence-corrected chi connectivity index (χ4v) is 1.29. The van der Waals surface area contributed by atoms with Crippen LogP contribution in [0.2, 0.25) is 5.15 Å². The minimum Gasteiger partial charge on any atom is -0.458 e. The van der Waals surface area contributed by atoms with Gasteiger partial charge < -0.3 is 4.74 Å². The normalized spacial score (nSPS) is 16.1. The van der Waals surface area contributed by atoms with E-state index in [0.717, 1.165) is 19.3 Å². The van der Waals surface area contributed by atoms with Crippen LogP contribution in [0.3, 0.4) is 0 Å². The third kappa shape index (κ3) is 2.01. The second kappa shape index (κ2) is 3.92. The van der Waals surface area contributed by atoms with E-state index in [2.05, 4.69) is 9.97 Å². The van der Waals surface area contributed by atoms with Crippen molar-refractivity contribution in [2.24, 2.45) is 0 Å². The van der Waals surface area contributed by atoms with Gasteiger partial charge in [0.15, 0.2) is 5.69 Å². The summed E-state index contributed by atoms with van der Waals surface area (Å²) in [6.07, 6.45) is 5.80. The van der Waals surface area contributed by atoms with Crippen LogP contribution in [-0.4, -0.2) is 22.0 Å². The Hall–Kier alpha value is -1.16. The van der Waals surface area contributed by atoms with E-state index < -0.39 is 5.97 Å². The van der Waals surface area contributed by atoms with Gasteiger partial charge in [0.25, 0.3) is 0 Å². The predicted octanol–water partition coefficient (Wildman–Crippen LogP) is 1.84. The smallest absolute Gasteiger partial charge is 0.358 e. The number of esters is 1. The monoisotopic (exact) mass is 212 g/mol. The van der Waals surface area contributed by atoms with E-state index >= 15 is 0 Å². The lowest BCUT2D eigenvalue weighted by atomic mass is 9.96. The zero-order valence-electron chi connectivity index (χ0n) is 7.44. The van der Waals surface area contributed by atoms with Crippen molar-refractivity contribution in [1.82, 2.24) is 9.97 Å². The molecule has 1 aliphatic rings. The van der Waals surface area contributed by atoms with Gasteiger partial charge in [-0.25, -0.2) is 9.78 Å². The van der Waals surface area contributed by atoms with E-state index in [1.165, 1.54) is 12.4 Å². The number of rotatable bonds is 2. The van der Waals surface area contributed by atoms with Crippen LogP contribution < -0.4 is 0 Å². The van der Waals surface area contributed by atoms with E-state index in [1.807, 2.05) is 0 Å². The molecule has 1 aromatic heterocycles. The molecule has 0 N–H and O–H groups in total. The zero-order chi connectivity index (χ0) is 9.97. The molecule has 74 valence electrons. The minimum atomic E-state index is -0.440. The highest BCUT2D eigenvalue weighted by atomic mass is 35.5. The fourth-order valence-electron chi connectivity index (χ4n) is 1.14. The fraction of sp³-hybridized carbons (Fsp3) is 0.444. The Morgan fingerprint density at radius 1 is 1.50 bits per heavy atom. The van der Waals surface area contributed by atoms with E-state index in [1.54, 1.807) is 0 Å². The average Bonchev–Trinajstić information content (AvgIpc) is 2.11. The molecule has 0 spiro atoms. The van der Waals surface area contributed by atoms with Gasteiger partial charge in [-0.15, -0.1) is 0 Å². The maximum atomic E-state index is 11.4. The largest absolute Gasteiger partial charge is 0.458 e. The van der Waals surface area contributed by atoms with Crippen LogP contribution in [-0.2, 0) is 4.74 Å². The molecule has 2 rings (SSSR count). The van der Waals surface area contributed by atoms with Gasteiger partial charge in [-0.05, 0) is 19.3 Å². The number of nitrogens with zero attached hydrogens (tertiary/aromatic N) is 2. The summed E-state index contributed by atoms with van der Waals surface area (Å²) in [5.74, 6) is -0.440. The first kappa shape index (κ1) is 9.40. The lowest BCUT2D eigenvalue weighted by Gasteiger charge is -2.24. The van der Waals surface area contributed by atoms with Gasteiger partial charge in [-0.3, -0.25) is 4.98 Å². The number of halogens is 1. The summed E-state index contributed by atoms with van der Waals surface area (Å²) in [7, 11) is 0. The van der Waals surface area contributed by atoms with Gasteiger partial charge in [0, 0.05) is 0 Å². The van der Waals surface area contributed by atoms with Crippen LogP contribution in [0, 0.1) is 0 Å². The second-order valence-electron chi connectivity index (χ2n) is 3.19. The van der Waals surface area contributed by atoms with Crippen molar-refractivity contribution in [1.29, 1.82) is 0 Å². The van der Waals surface area contributed by atoms with Crippen molar-refractivity contribution in [3.05, 3.63) is 23.2 Å². The Balaban J connectivity index is 2.02. The SMILES string of the molecule is O=C(OC1CCC1)c1cncc(Cl)n1. The van der Waals surface area contributed by atoms with Crippen LogP contribution in [0.15, 0.2) is 12.4 Å². The Kier molecular flexibility index (Phi) is 2.63. The minimum absolute atomic E-state index is 0.0586. The van der Waals surface area contributed by atoms with Crippen molar-refractivity contribution in [2.75, 3.05) is 0 Å². The number of ether oxygens (including phenoxy) is 1. The molecule has 0 atom stereocenters. The third-order valence-electron chi connectivity index (χ3n) is 2.14. The van der Waals surface area contributed by atoms with E-state index in [0.29, 0.717) is 0 Å². The van der Waals surface area contributed by atoms with Crippen molar-refractivity contribution in [3.8, 4) is 0 Å². The summed E-state index contributed by atoms with van der Waals surface area (Å²) < 4.78 is 5.13. The van der Waals surface area contributed by atoms with E-state index in [-0.39, 0.29) is 17.0 Å². The predicted molar refractivity (Wildman–Crippen MR) is 50.1 cm³/mol. The lowest BCUT2D eigenvalue weighted by Crippen LogP contribution is -2.25. The molecule has 14 heavy (non-hydrogen) atoms. The summed E-state index contributed by atoms with van der Waals surface area (Å²) >= 11 is 5.59. The standard InChI is InChI=1S/C9H9ClN2O2/c10-8-5-11-4-7(12-8)9(13)14-6-2-1-3-6/h4-6H,1-3H2. The maximum Gasteiger partial charge on any atom is 0.358 e. The Labute approximate surface area is 86.3 Å². The first-order chi connectivity index (χ1) is 6.75. The molecule has 0 unspecified atom stereocenters. The molecule has 5 heteroatoms. The zero-order valence-corrected chi connectivity index (χ0v) is 8.20. The molecule has 0 radical (unpaired) electrons. The lowest BCUT2D eigenvalue weighted by molar-refractivity contribution is 0.00832. The molecule has 0 amide bonds. The van der Waals surface area contributed by atoms with Gasteiger partial charge in [-0.1, -0.05) is 11.6 Å². The molecule has 1 aromatic rings. The highest BCUT2D eigenvalue weighted by Crippen LogP contribution is 2.22. The van der Waals surface area contributed by atoms with Crippen molar-refractivity contribution in [2.45, 2.75) is 25.4 Å². The molecular formula is C9H9ClN2O2. The van der Waals surface area contributed by atoms with Gasteiger partial charge in [0.2, 0.25) is 0 Å². The molecule has 0 saturated heterocycles. The second-order valence-corrected chi connectivity index (χ2v) is 3.57. The van der Waals surface area contributed by atoms with Crippen LogP contribution in [0.5, 0.6) is 0 Å². The van der Waals surface area contributed by atoms with Gasteiger partial charge in [0.05, 0.1) is 12.4 Å². The summed E-state index contributed by atoms with van der Waals surface area (Å²) in [4.78, 5) is 19.0. The maximum absolute atomic E-state index is 11.4. The quantitative estimate of drug-likeness (QED) is 0.702. The number of hydrogen-bond acceptors (Lipinski definition) is 4. The highest BCUT2D eigenvalue weighted by molar-refractivity contribution is 6.29. The summed E-state index contributed by atoms with van der Waals surface area (Å²) in [6, 6.07) is 0. The Morgan fingerprint density at radius 3 is 2.86 bits per heavy atom. The van der Waals surface area contributed by atoms with Crippen molar-refractivity contribution < 1.29 is 9.53 Å². The average molecular weight is 213 g/mol. The van der Waals surface area contributed by atoms with E-state index in [4.69, 9.17) is 16.3 Å². The summed E-state index contributed by atoms with van der Waals surface area (Å²) in [5, 5.41) is 0.202. The molecule has 4 nitrogen and oxygen atoms in total. The van der Waals surface area contributed by atoms with Crippen LogP contribution >= 0.6 is 11.6 Å². The third-order valence-corrected chi connectivity index (χ3v) is 2.32. The van der Waals surface area contributed by atoms with Crippen LogP contribution in [0.1, 0.15) is 29.8 Å². The van der Waals surface area contributed by atoms with Gasteiger partial charge >= 0.3 is 5.97 Å². The first-order valence-corrected chi connectivity index (χ1v) is 4.82. The highest BCUT2D eigenvalue weighted by Gasteiger charge is 2.23. The van der Waals surface area contributed by atoms with E-state index in [9.17, 15) is 4.79 Å². The molecule has 1 fully saturated rings. The first-order valence-electron chi connectivity index (χ1n) is 4.44. The molecule has 0 aliphatic heterocycles. The molecule has 1 aliphatic carbocycles. The van der Waals surface area contributed by atoms with Crippen LogP contribution in [0.25, 0.3) is 0 Å². The van der Waals surface area contributed by atoms with Crippen molar-refractivity contribution >= 4 is 17.6 Å². The van der Waals surface area contributed by atoms with Gasteiger partial charge in [-0.2, -0.15) is 0 Å². The summed E-state index contributed by atoms with van der Waals surface area (Å²) in [6.45, 7) is 0. The van der Waals surface area contributed by atoms with Crippen molar-refractivity contribution in [3.63, 3.8) is 0 Å². The van der Waals surface area contributed by atoms with Crippen LogP contribution in [0.4, 0.5) is 0 Å². The summed E-state index contributed by atoms with van der Waals surface area (Å²) in [5.41, 5.74) is 0.171. The Morgan fingerprint density at radius 2 is 2.29 bits per heavy atom. The number of aromatic nitrogens is 2. The molecule has 0 bridgehead atoms. The topological polar surface area (TPSA) is 52.1 Å². The van der Waals surface area contributed by atoms with Gasteiger partial charge in [0.1, 0.15) is 11.3 Å². The molecule has 0 aromatic carbocycles. The number of hydrogen-bond donors (Lipinski definition) is 0. The Bertz CT molecular complexity index is 352. The number of carbonyl (C=O) groups excluding carboxylic acids is 1. The molecule has 1 heterocycles. The number of carbonyl (C=O) groups is 1. The molecular weight excluding hydrogens is 204 g/mol. The molecule has 1 saturated carbocycles.